The van der Waals surface area contributed by atoms with E-state index in [4.69, 9.17) is 0 Å². The first kappa shape index (κ1) is 12.7. The summed E-state index contributed by atoms with van der Waals surface area (Å²) < 4.78 is 1.99. The molecule has 0 amide bonds. The van der Waals surface area contributed by atoms with Crippen LogP contribution in [0.15, 0.2) is 30.9 Å². The van der Waals surface area contributed by atoms with Crippen LogP contribution < -0.4 is 0 Å². The molecule has 0 aliphatic carbocycles. The summed E-state index contributed by atoms with van der Waals surface area (Å²) in [4.78, 5) is 4.01. The first-order chi connectivity index (χ1) is 6.86. The highest BCUT2D eigenvalue weighted by Crippen LogP contribution is 2.03. The molecule has 0 fully saturated rings. The number of aromatic nitrogens is 2. The highest BCUT2D eigenvalue weighted by Gasteiger charge is 1.89. The van der Waals surface area contributed by atoms with Crippen molar-refractivity contribution in [2.75, 3.05) is 0 Å². The number of fused-ring (bicyclic) bond motifs is 1. The van der Waals surface area contributed by atoms with Crippen molar-refractivity contribution in [2.45, 2.75) is 34.6 Å². The molecule has 14 heavy (non-hydrogen) atoms. The zero-order valence-corrected chi connectivity index (χ0v) is 9.78. The molecule has 0 aromatic carbocycles. The highest BCUT2D eigenvalue weighted by molar-refractivity contribution is 5.46. The van der Waals surface area contributed by atoms with Crippen molar-refractivity contribution in [3.05, 3.63) is 36.4 Å². The summed E-state index contributed by atoms with van der Waals surface area (Å²) >= 11 is 0. The largest absolute Gasteiger partial charge is 0.306 e. The lowest BCUT2D eigenvalue weighted by Crippen LogP contribution is -1.80. The summed E-state index contributed by atoms with van der Waals surface area (Å²) in [6, 6.07) is 4.17. The fraction of sp³-hybridized carbons (Fsp3) is 0.417. The first-order valence-electron chi connectivity index (χ1n) is 5.24. The van der Waals surface area contributed by atoms with Gasteiger partial charge in [0, 0.05) is 6.20 Å². The molecule has 2 aromatic rings. The third kappa shape index (κ3) is 3.21. The van der Waals surface area contributed by atoms with Gasteiger partial charge >= 0.3 is 0 Å². The molecule has 0 atom stereocenters. The standard InChI is InChI=1S/C8H8N2.2C2H6/c1-7-2-3-10-6-9-5-8(10)4-7;2*1-2/h2-6H,1H3;2*1-2H3. The minimum Gasteiger partial charge on any atom is -0.306 e. The average Bonchev–Trinajstić information content (AvgIpc) is 2.71. The number of hydrogen-bond donors (Lipinski definition) is 0. The number of rotatable bonds is 0. The maximum absolute atomic E-state index is 4.01. The molecular weight excluding hydrogens is 172 g/mol. The first-order valence-corrected chi connectivity index (χ1v) is 5.24. The van der Waals surface area contributed by atoms with Crippen LogP contribution in [-0.4, -0.2) is 9.38 Å². The van der Waals surface area contributed by atoms with Crippen LogP contribution >= 0.6 is 0 Å². The van der Waals surface area contributed by atoms with E-state index in [9.17, 15) is 0 Å². The van der Waals surface area contributed by atoms with Gasteiger partial charge in [0.15, 0.2) is 0 Å². The van der Waals surface area contributed by atoms with Crippen LogP contribution in [0.2, 0.25) is 0 Å². The molecule has 2 heterocycles. The van der Waals surface area contributed by atoms with E-state index >= 15 is 0 Å². The molecule has 78 valence electrons. The Morgan fingerprint density at radius 3 is 2.43 bits per heavy atom. The lowest BCUT2D eigenvalue weighted by Gasteiger charge is -1.92. The second-order valence-corrected chi connectivity index (χ2v) is 2.43. The van der Waals surface area contributed by atoms with Gasteiger partial charge in [-0.3, -0.25) is 0 Å². The maximum Gasteiger partial charge on any atom is 0.0991 e. The Hall–Kier alpha value is -1.31. The Morgan fingerprint density at radius 1 is 1.14 bits per heavy atom. The fourth-order valence-electron chi connectivity index (χ4n) is 1.03. The lowest BCUT2D eigenvalue weighted by molar-refractivity contribution is 1.14. The van der Waals surface area contributed by atoms with Gasteiger partial charge in [-0.15, -0.1) is 0 Å². The predicted molar refractivity (Wildman–Crippen MR) is 62.6 cm³/mol. The van der Waals surface area contributed by atoms with Gasteiger partial charge in [-0.05, 0) is 24.6 Å². The van der Waals surface area contributed by atoms with E-state index in [1.807, 2.05) is 44.5 Å². The molecule has 0 spiro atoms. The summed E-state index contributed by atoms with van der Waals surface area (Å²) in [5.74, 6) is 0. The highest BCUT2D eigenvalue weighted by atomic mass is 15.0. The quantitative estimate of drug-likeness (QED) is 0.622. The monoisotopic (exact) mass is 192 g/mol. The van der Waals surface area contributed by atoms with Gasteiger partial charge in [0.05, 0.1) is 18.0 Å². The van der Waals surface area contributed by atoms with Gasteiger partial charge in [-0.2, -0.15) is 0 Å². The molecule has 2 nitrogen and oxygen atoms in total. The van der Waals surface area contributed by atoms with Crippen LogP contribution in [0.25, 0.3) is 5.52 Å². The second kappa shape index (κ2) is 7.13. The second-order valence-electron chi connectivity index (χ2n) is 2.43. The van der Waals surface area contributed by atoms with E-state index in [-0.39, 0.29) is 0 Å². The Bertz CT molecular complexity index is 350. The van der Waals surface area contributed by atoms with Crippen LogP contribution in [-0.2, 0) is 0 Å². The lowest BCUT2D eigenvalue weighted by atomic mass is 10.3. The van der Waals surface area contributed by atoms with Crippen molar-refractivity contribution in [1.29, 1.82) is 0 Å². The molecule has 0 unspecified atom stereocenters. The molecule has 2 heteroatoms. The van der Waals surface area contributed by atoms with E-state index in [0.717, 1.165) is 5.52 Å². The van der Waals surface area contributed by atoms with E-state index in [1.165, 1.54) is 5.56 Å². The molecule has 0 aliphatic rings. The van der Waals surface area contributed by atoms with Crippen LogP contribution in [0.5, 0.6) is 0 Å². The average molecular weight is 192 g/mol. The molecule has 0 bridgehead atoms. The van der Waals surface area contributed by atoms with Crippen molar-refractivity contribution in [3.8, 4) is 0 Å². The number of aryl methyl sites for hydroxylation is 1. The summed E-state index contributed by atoms with van der Waals surface area (Å²) in [5, 5.41) is 0. The van der Waals surface area contributed by atoms with Crippen molar-refractivity contribution in [2.24, 2.45) is 0 Å². The molecular formula is C12H20N2. The number of nitrogens with zero attached hydrogens (tertiary/aromatic N) is 2. The zero-order chi connectivity index (χ0) is 11.0. The summed E-state index contributed by atoms with van der Waals surface area (Å²) in [6.45, 7) is 10.1. The van der Waals surface area contributed by atoms with Gasteiger partial charge < -0.3 is 4.40 Å². The van der Waals surface area contributed by atoms with E-state index < -0.39 is 0 Å². The minimum atomic E-state index is 1.15. The van der Waals surface area contributed by atoms with Gasteiger partial charge in [0.1, 0.15) is 0 Å². The summed E-state index contributed by atoms with van der Waals surface area (Å²) in [5.41, 5.74) is 2.42. The minimum absolute atomic E-state index is 1.15. The van der Waals surface area contributed by atoms with Crippen LogP contribution in [0.1, 0.15) is 33.3 Å². The van der Waals surface area contributed by atoms with E-state index in [0.29, 0.717) is 0 Å². The molecule has 0 N–H and O–H groups in total. The normalized spacial score (nSPS) is 8.36. The van der Waals surface area contributed by atoms with Gasteiger partial charge in [0.25, 0.3) is 0 Å². The summed E-state index contributed by atoms with van der Waals surface area (Å²) in [6.07, 6.45) is 5.67. The molecule has 2 aromatic heterocycles. The third-order valence-electron chi connectivity index (χ3n) is 1.57. The van der Waals surface area contributed by atoms with Gasteiger partial charge in [-0.1, -0.05) is 27.7 Å². The smallest absolute Gasteiger partial charge is 0.0991 e. The molecule has 0 aliphatic heterocycles. The number of hydrogen-bond acceptors (Lipinski definition) is 1. The topological polar surface area (TPSA) is 17.3 Å². The Kier molecular flexibility index (Phi) is 6.46. The van der Waals surface area contributed by atoms with Crippen LogP contribution in [0.4, 0.5) is 0 Å². The van der Waals surface area contributed by atoms with E-state index in [2.05, 4.69) is 24.0 Å². The molecule has 0 radical (unpaired) electrons. The molecule has 0 saturated carbocycles. The van der Waals surface area contributed by atoms with Gasteiger partial charge in [0.2, 0.25) is 0 Å². The number of pyridine rings is 1. The molecule has 0 saturated heterocycles. The van der Waals surface area contributed by atoms with Crippen LogP contribution in [0.3, 0.4) is 0 Å². The SMILES string of the molecule is CC.CC.Cc1ccn2cncc2c1. The Labute approximate surface area is 86.6 Å². The fourth-order valence-corrected chi connectivity index (χ4v) is 1.03. The van der Waals surface area contributed by atoms with Crippen LogP contribution in [0, 0.1) is 6.92 Å². The maximum atomic E-state index is 4.01. The Balaban J connectivity index is 0.000000379. The Morgan fingerprint density at radius 2 is 1.79 bits per heavy atom. The van der Waals surface area contributed by atoms with Crippen molar-refractivity contribution >= 4 is 5.52 Å². The van der Waals surface area contributed by atoms with Crippen molar-refractivity contribution < 1.29 is 0 Å². The number of imidazole rings is 1. The predicted octanol–water partition coefficient (Wildman–Crippen LogP) is 3.70. The third-order valence-corrected chi connectivity index (χ3v) is 1.57. The summed E-state index contributed by atoms with van der Waals surface area (Å²) in [7, 11) is 0. The van der Waals surface area contributed by atoms with Crippen molar-refractivity contribution in [1.82, 2.24) is 9.38 Å². The zero-order valence-electron chi connectivity index (χ0n) is 9.78. The molecule has 2 rings (SSSR count). The van der Waals surface area contributed by atoms with E-state index in [1.54, 1.807) is 6.33 Å². The van der Waals surface area contributed by atoms with Gasteiger partial charge in [-0.25, -0.2) is 4.98 Å². The van der Waals surface area contributed by atoms with Crippen molar-refractivity contribution in [3.63, 3.8) is 0 Å².